The molecule has 1 aromatic heterocycles. The van der Waals surface area contributed by atoms with Crippen LogP contribution in [0.15, 0.2) is 24.3 Å². The minimum absolute atomic E-state index is 0.0896. The summed E-state index contributed by atoms with van der Waals surface area (Å²) in [6.45, 7) is 2.40. The lowest BCUT2D eigenvalue weighted by molar-refractivity contribution is 0.0505. The van der Waals surface area contributed by atoms with Gasteiger partial charge in [-0.15, -0.1) is 5.10 Å². The highest BCUT2D eigenvalue weighted by Crippen LogP contribution is 2.10. The molecule has 0 unspecified atom stereocenters. The Bertz CT molecular complexity index is 538. The van der Waals surface area contributed by atoms with E-state index >= 15 is 0 Å². The van der Waals surface area contributed by atoms with Gasteiger partial charge >= 0.3 is 5.97 Å². The second-order valence-corrected chi connectivity index (χ2v) is 3.94. The zero-order chi connectivity index (χ0) is 13.0. The van der Waals surface area contributed by atoms with Gasteiger partial charge in [-0.3, -0.25) is 0 Å². The van der Waals surface area contributed by atoms with E-state index in [9.17, 15) is 4.79 Å². The maximum absolute atomic E-state index is 11.6. The van der Waals surface area contributed by atoms with Crippen molar-refractivity contribution in [1.82, 2.24) is 20.2 Å². The molecule has 18 heavy (non-hydrogen) atoms. The number of aromatic nitrogens is 4. The van der Waals surface area contributed by atoms with Crippen molar-refractivity contribution in [2.45, 2.75) is 13.5 Å². The predicted octanol–water partition coefficient (Wildman–Crippen LogP) is 1.55. The predicted molar refractivity (Wildman–Crippen MR) is 64.3 cm³/mol. The van der Waals surface area contributed by atoms with Crippen molar-refractivity contribution >= 4 is 17.6 Å². The summed E-state index contributed by atoms with van der Waals surface area (Å²) in [6, 6.07) is 7.23. The summed E-state index contributed by atoms with van der Waals surface area (Å²) in [4.78, 5) is 11.6. The summed E-state index contributed by atoms with van der Waals surface area (Å²) >= 11 is 5.80. The Morgan fingerprint density at radius 3 is 2.78 bits per heavy atom. The minimum atomic E-state index is -0.531. The Hall–Kier alpha value is -1.95. The minimum Gasteiger partial charge on any atom is -0.460 e. The number of tetrazole rings is 1. The van der Waals surface area contributed by atoms with E-state index in [1.807, 2.05) is 12.1 Å². The number of nitrogens with zero attached hydrogens (tertiary/aromatic N) is 4. The second-order valence-electron chi connectivity index (χ2n) is 3.51. The van der Waals surface area contributed by atoms with Gasteiger partial charge in [0, 0.05) is 5.02 Å². The average Bonchev–Trinajstić information content (AvgIpc) is 2.81. The van der Waals surface area contributed by atoms with Crippen LogP contribution in [-0.2, 0) is 11.3 Å². The molecule has 1 heterocycles. The topological polar surface area (TPSA) is 69.9 Å². The third kappa shape index (κ3) is 2.84. The van der Waals surface area contributed by atoms with Crippen LogP contribution in [0.4, 0.5) is 0 Å². The van der Waals surface area contributed by atoms with Gasteiger partial charge in [0.05, 0.1) is 13.2 Å². The number of halogens is 1. The molecule has 0 atom stereocenters. The molecule has 0 amide bonds. The highest BCUT2D eigenvalue weighted by molar-refractivity contribution is 6.30. The van der Waals surface area contributed by atoms with Crippen molar-refractivity contribution < 1.29 is 9.53 Å². The molecule has 0 radical (unpaired) electrons. The van der Waals surface area contributed by atoms with E-state index in [0.717, 1.165) is 5.56 Å². The van der Waals surface area contributed by atoms with Gasteiger partial charge in [-0.05, 0) is 35.0 Å². The van der Waals surface area contributed by atoms with E-state index in [2.05, 4.69) is 15.5 Å². The van der Waals surface area contributed by atoms with Crippen molar-refractivity contribution in [1.29, 1.82) is 0 Å². The molecule has 1 aromatic carbocycles. The van der Waals surface area contributed by atoms with Crippen molar-refractivity contribution in [2.24, 2.45) is 0 Å². The number of carbonyl (C=O) groups is 1. The monoisotopic (exact) mass is 266 g/mol. The molecule has 0 saturated heterocycles. The molecule has 2 aromatic rings. The van der Waals surface area contributed by atoms with E-state index in [-0.39, 0.29) is 12.4 Å². The van der Waals surface area contributed by atoms with Crippen molar-refractivity contribution in [3.63, 3.8) is 0 Å². The smallest absolute Gasteiger partial charge is 0.378 e. The normalized spacial score (nSPS) is 10.3. The Morgan fingerprint density at radius 1 is 1.39 bits per heavy atom. The van der Waals surface area contributed by atoms with E-state index in [1.165, 1.54) is 4.68 Å². The van der Waals surface area contributed by atoms with E-state index < -0.39 is 5.97 Å². The zero-order valence-corrected chi connectivity index (χ0v) is 10.5. The van der Waals surface area contributed by atoms with Crippen LogP contribution >= 0.6 is 11.6 Å². The van der Waals surface area contributed by atoms with Gasteiger partial charge in [-0.2, -0.15) is 0 Å². The van der Waals surface area contributed by atoms with E-state index in [0.29, 0.717) is 11.6 Å². The number of rotatable bonds is 4. The molecule has 2 rings (SSSR count). The second kappa shape index (κ2) is 5.59. The summed E-state index contributed by atoms with van der Waals surface area (Å²) in [6.07, 6.45) is 0. The molecule has 7 heteroatoms. The van der Waals surface area contributed by atoms with Crippen molar-refractivity contribution in [3.05, 3.63) is 40.7 Å². The summed E-state index contributed by atoms with van der Waals surface area (Å²) in [7, 11) is 0. The summed E-state index contributed by atoms with van der Waals surface area (Å²) in [5.74, 6) is -0.441. The maximum Gasteiger partial charge on any atom is 0.378 e. The molecule has 0 N–H and O–H groups in total. The molecule has 94 valence electrons. The van der Waals surface area contributed by atoms with Crippen LogP contribution in [0.1, 0.15) is 23.1 Å². The molecule has 0 spiro atoms. The van der Waals surface area contributed by atoms with E-state index in [4.69, 9.17) is 16.3 Å². The summed E-state index contributed by atoms with van der Waals surface area (Å²) in [5.41, 5.74) is 0.942. The van der Waals surface area contributed by atoms with Crippen LogP contribution in [0, 0.1) is 0 Å². The molecule has 6 nitrogen and oxygen atoms in total. The lowest BCUT2D eigenvalue weighted by Gasteiger charge is -2.04. The number of benzene rings is 1. The van der Waals surface area contributed by atoms with Gasteiger partial charge in [0.15, 0.2) is 0 Å². The number of carbonyl (C=O) groups excluding carboxylic acids is 1. The molecular weight excluding hydrogens is 256 g/mol. The molecule has 0 bridgehead atoms. The third-order valence-corrected chi connectivity index (χ3v) is 2.49. The largest absolute Gasteiger partial charge is 0.460 e. The van der Waals surface area contributed by atoms with Gasteiger partial charge < -0.3 is 4.74 Å². The highest BCUT2D eigenvalue weighted by Gasteiger charge is 2.16. The number of esters is 1. The Balaban J connectivity index is 2.17. The summed E-state index contributed by atoms with van der Waals surface area (Å²) in [5, 5.41) is 11.5. The van der Waals surface area contributed by atoms with Crippen LogP contribution < -0.4 is 0 Å². The molecule has 0 aliphatic carbocycles. The summed E-state index contributed by atoms with van der Waals surface area (Å²) < 4.78 is 6.25. The molecule has 0 saturated carbocycles. The van der Waals surface area contributed by atoms with Crippen molar-refractivity contribution in [3.8, 4) is 0 Å². The first-order valence-corrected chi connectivity index (χ1v) is 5.76. The van der Waals surface area contributed by atoms with Gasteiger partial charge in [-0.1, -0.05) is 23.7 Å². The first-order valence-electron chi connectivity index (χ1n) is 5.38. The average molecular weight is 267 g/mol. The first-order chi connectivity index (χ1) is 8.70. The van der Waals surface area contributed by atoms with Crippen LogP contribution in [0.5, 0.6) is 0 Å². The third-order valence-electron chi connectivity index (χ3n) is 2.24. The quantitative estimate of drug-likeness (QED) is 0.786. The van der Waals surface area contributed by atoms with Crippen LogP contribution in [0.25, 0.3) is 0 Å². The van der Waals surface area contributed by atoms with Crippen LogP contribution in [0.3, 0.4) is 0 Å². The standard InChI is InChI=1S/C11H11ClN4O2/c1-2-18-11(17)10-13-14-15-16(10)7-8-3-5-9(12)6-4-8/h3-6H,2,7H2,1H3. The molecule has 0 aliphatic heterocycles. The molecular formula is C11H11ClN4O2. The number of ether oxygens (including phenoxy) is 1. The lowest BCUT2D eigenvalue weighted by atomic mass is 10.2. The number of hydrogen-bond donors (Lipinski definition) is 0. The van der Waals surface area contributed by atoms with Crippen LogP contribution in [0.2, 0.25) is 5.02 Å². The van der Waals surface area contributed by atoms with Crippen LogP contribution in [-0.4, -0.2) is 32.8 Å². The molecule has 0 fully saturated rings. The maximum atomic E-state index is 11.6. The Kier molecular flexibility index (Phi) is 3.88. The highest BCUT2D eigenvalue weighted by atomic mass is 35.5. The Labute approximate surface area is 109 Å². The number of hydrogen-bond acceptors (Lipinski definition) is 5. The zero-order valence-electron chi connectivity index (χ0n) is 9.71. The fourth-order valence-corrected chi connectivity index (χ4v) is 1.54. The van der Waals surface area contributed by atoms with Gasteiger partial charge in [0.25, 0.3) is 5.82 Å². The van der Waals surface area contributed by atoms with Gasteiger partial charge in [0.1, 0.15) is 0 Å². The SMILES string of the molecule is CCOC(=O)c1nnnn1Cc1ccc(Cl)cc1. The van der Waals surface area contributed by atoms with Crippen molar-refractivity contribution in [2.75, 3.05) is 6.61 Å². The lowest BCUT2D eigenvalue weighted by Crippen LogP contribution is -2.15. The Morgan fingerprint density at radius 2 is 2.11 bits per heavy atom. The fraction of sp³-hybridized carbons (Fsp3) is 0.273. The first kappa shape index (κ1) is 12.5. The molecule has 0 aliphatic rings. The van der Waals surface area contributed by atoms with Gasteiger partial charge in [0.2, 0.25) is 0 Å². The van der Waals surface area contributed by atoms with E-state index in [1.54, 1.807) is 19.1 Å². The fourth-order valence-electron chi connectivity index (χ4n) is 1.42. The van der Waals surface area contributed by atoms with Gasteiger partial charge in [-0.25, -0.2) is 9.48 Å².